The molecule has 1 amide bonds. The van der Waals surface area contributed by atoms with Gasteiger partial charge in [0, 0.05) is 18.5 Å². The number of carbonyl (C=O) groups is 2. The third-order valence-electron chi connectivity index (χ3n) is 5.29. The predicted octanol–water partition coefficient (Wildman–Crippen LogP) is 0.786. The Balaban J connectivity index is 1.71. The van der Waals surface area contributed by atoms with Gasteiger partial charge in [0.15, 0.2) is 0 Å². The van der Waals surface area contributed by atoms with Crippen molar-refractivity contribution in [3.8, 4) is 0 Å². The molecule has 8 nitrogen and oxygen atoms in total. The van der Waals surface area contributed by atoms with Crippen LogP contribution in [0.5, 0.6) is 0 Å². The van der Waals surface area contributed by atoms with Gasteiger partial charge in [-0.3, -0.25) is 9.59 Å². The van der Waals surface area contributed by atoms with Crippen LogP contribution in [0.1, 0.15) is 46.0 Å². The lowest BCUT2D eigenvalue weighted by molar-refractivity contribution is -0.158. The zero-order valence-corrected chi connectivity index (χ0v) is 13.6. The number of ether oxygens (including phenoxy) is 1. The topological polar surface area (TPSA) is 90.2 Å². The van der Waals surface area contributed by atoms with E-state index in [-0.39, 0.29) is 24.0 Å². The second-order valence-corrected chi connectivity index (χ2v) is 6.31. The van der Waals surface area contributed by atoms with E-state index < -0.39 is 5.41 Å². The molecule has 2 aliphatic rings. The van der Waals surface area contributed by atoms with Crippen molar-refractivity contribution in [2.75, 3.05) is 6.61 Å². The van der Waals surface area contributed by atoms with Gasteiger partial charge in [-0.05, 0) is 43.0 Å². The number of esters is 1. The van der Waals surface area contributed by atoms with E-state index in [2.05, 4.69) is 15.5 Å². The van der Waals surface area contributed by atoms with E-state index in [1.54, 1.807) is 4.68 Å². The van der Waals surface area contributed by atoms with Crippen molar-refractivity contribution in [2.45, 2.75) is 64.6 Å². The van der Waals surface area contributed by atoms with Gasteiger partial charge in [0.2, 0.25) is 5.91 Å². The first-order valence-electron chi connectivity index (χ1n) is 8.31. The van der Waals surface area contributed by atoms with Crippen molar-refractivity contribution in [1.82, 2.24) is 25.1 Å². The number of rotatable bonds is 6. The summed E-state index contributed by atoms with van der Waals surface area (Å²) < 4.78 is 6.86. The summed E-state index contributed by atoms with van der Waals surface area (Å²) in [6.45, 7) is 4.68. The summed E-state index contributed by atoms with van der Waals surface area (Å²) in [7, 11) is 0. The maximum absolute atomic E-state index is 12.7. The second kappa shape index (κ2) is 6.25. The number of aromatic nitrogens is 4. The summed E-state index contributed by atoms with van der Waals surface area (Å²) in [5.74, 6) is -0.0689. The first-order chi connectivity index (χ1) is 11.1. The third kappa shape index (κ3) is 2.60. The van der Waals surface area contributed by atoms with E-state index in [9.17, 15) is 9.59 Å². The van der Waals surface area contributed by atoms with Crippen LogP contribution in [0.3, 0.4) is 0 Å². The summed E-state index contributed by atoms with van der Waals surface area (Å²) in [4.78, 5) is 27.1. The van der Waals surface area contributed by atoms with Crippen molar-refractivity contribution < 1.29 is 14.3 Å². The van der Waals surface area contributed by atoms with Crippen molar-refractivity contribution >= 4 is 11.9 Å². The maximum Gasteiger partial charge on any atom is 0.314 e. The van der Waals surface area contributed by atoms with Crippen molar-refractivity contribution in [3.05, 3.63) is 6.33 Å². The van der Waals surface area contributed by atoms with E-state index in [0.717, 1.165) is 19.3 Å². The smallest absolute Gasteiger partial charge is 0.314 e. The molecule has 0 aromatic carbocycles. The van der Waals surface area contributed by atoms with Gasteiger partial charge in [0.1, 0.15) is 6.33 Å². The fourth-order valence-electron chi connectivity index (χ4n) is 4.20. The molecule has 3 rings (SSSR count). The summed E-state index contributed by atoms with van der Waals surface area (Å²) >= 11 is 0. The van der Waals surface area contributed by atoms with Crippen LogP contribution in [-0.2, 0) is 20.9 Å². The molecular formula is C15H23N5O3. The van der Waals surface area contributed by atoms with Crippen LogP contribution in [0.4, 0.5) is 0 Å². The number of aryl methyl sites for hydroxylation is 1. The quantitative estimate of drug-likeness (QED) is 0.719. The molecule has 0 spiro atoms. The van der Waals surface area contributed by atoms with Crippen molar-refractivity contribution in [2.24, 2.45) is 5.41 Å². The molecular weight excluding hydrogens is 298 g/mol. The number of carbonyl (C=O) groups excluding carboxylic acids is 2. The van der Waals surface area contributed by atoms with Crippen LogP contribution >= 0.6 is 0 Å². The summed E-state index contributed by atoms with van der Waals surface area (Å²) in [5.41, 5.74) is -0.524. The highest BCUT2D eigenvalue weighted by atomic mass is 16.5. The van der Waals surface area contributed by atoms with Gasteiger partial charge in [-0.25, -0.2) is 4.68 Å². The minimum Gasteiger partial charge on any atom is -0.466 e. The molecule has 1 aromatic rings. The fraction of sp³-hybridized carbons (Fsp3) is 0.800. The van der Waals surface area contributed by atoms with E-state index in [1.807, 2.05) is 18.7 Å². The number of tetrazole rings is 1. The molecule has 2 saturated heterocycles. The van der Waals surface area contributed by atoms with E-state index in [1.165, 1.54) is 6.33 Å². The zero-order chi connectivity index (χ0) is 16.4. The predicted molar refractivity (Wildman–Crippen MR) is 80.1 cm³/mol. The lowest BCUT2D eigenvalue weighted by Gasteiger charge is -2.34. The number of hydrogen-bond acceptors (Lipinski definition) is 6. The zero-order valence-electron chi connectivity index (χ0n) is 13.6. The lowest BCUT2D eigenvalue weighted by Crippen LogP contribution is -2.45. The molecule has 0 aliphatic carbocycles. The van der Waals surface area contributed by atoms with Gasteiger partial charge >= 0.3 is 5.97 Å². The van der Waals surface area contributed by atoms with Crippen molar-refractivity contribution in [3.63, 3.8) is 0 Å². The fourth-order valence-corrected chi connectivity index (χ4v) is 4.20. The Labute approximate surface area is 135 Å². The number of nitrogens with zero attached hydrogens (tertiary/aromatic N) is 5. The van der Waals surface area contributed by atoms with Gasteiger partial charge in [0.05, 0.1) is 18.6 Å². The molecule has 0 N–H and O–H groups in total. The largest absolute Gasteiger partial charge is 0.466 e. The van der Waals surface area contributed by atoms with Crippen LogP contribution in [0.25, 0.3) is 0 Å². The molecule has 2 bridgehead atoms. The molecule has 2 aliphatic heterocycles. The maximum atomic E-state index is 12.7. The molecule has 3 heterocycles. The Morgan fingerprint density at radius 1 is 1.35 bits per heavy atom. The Morgan fingerprint density at radius 3 is 2.83 bits per heavy atom. The first-order valence-corrected chi connectivity index (χ1v) is 8.31. The number of hydrogen-bond donors (Lipinski definition) is 0. The van der Waals surface area contributed by atoms with Crippen molar-refractivity contribution in [1.29, 1.82) is 0 Å². The molecule has 0 unspecified atom stereocenters. The highest BCUT2D eigenvalue weighted by Gasteiger charge is 2.60. The Kier molecular flexibility index (Phi) is 4.32. The minimum absolute atomic E-state index is 0.0297. The number of fused-ring (bicyclic) bond motifs is 2. The molecule has 3 atom stereocenters. The van der Waals surface area contributed by atoms with E-state index in [4.69, 9.17) is 4.74 Å². The third-order valence-corrected chi connectivity index (χ3v) is 5.29. The van der Waals surface area contributed by atoms with Gasteiger partial charge in [-0.15, -0.1) is 5.10 Å². The van der Waals surface area contributed by atoms with Gasteiger partial charge in [-0.2, -0.15) is 0 Å². The van der Waals surface area contributed by atoms with Gasteiger partial charge < -0.3 is 9.64 Å². The SMILES string of the molecule is CCOC(=O)[C@@]1(CC)C[C@H]2CC[C@@H]1N2C(=O)CCn1cnnn1. The Bertz CT molecular complexity index is 576. The van der Waals surface area contributed by atoms with Gasteiger partial charge in [-0.1, -0.05) is 6.92 Å². The molecule has 0 radical (unpaired) electrons. The van der Waals surface area contributed by atoms with Crippen LogP contribution in [0, 0.1) is 5.41 Å². The summed E-state index contributed by atoms with van der Waals surface area (Å²) in [6.07, 6.45) is 5.14. The van der Waals surface area contributed by atoms with E-state index in [0.29, 0.717) is 26.0 Å². The lowest BCUT2D eigenvalue weighted by atomic mass is 9.72. The molecule has 0 saturated carbocycles. The molecule has 126 valence electrons. The monoisotopic (exact) mass is 321 g/mol. The van der Waals surface area contributed by atoms with Crippen LogP contribution in [0.15, 0.2) is 6.33 Å². The Hall–Kier alpha value is -1.99. The number of amides is 1. The van der Waals surface area contributed by atoms with Crippen LogP contribution in [-0.4, -0.2) is 55.7 Å². The molecule has 1 aromatic heterocycles. The highest BCUT2D eigenvalue weighted by Crippen LogP contribution is 2.52. The summed E-state index contributed by atoms with van der Waals surface area (Å²) in [5, 5.41) is 10.9. The van der Waals surface area contributed by atoms with E-state index >= 15 is 0 Å². The summed E-state index contributed by atoms with van der Waals surface area (Å²) in [6, 6.07) is 0.128. The highest BCUT2D eigenvalue weighted by molar-refractivity contribution is 5.83. The Morgan fingerprint density at radius 2 is 2.17 bits per heavy atom. The molecule has 8 heteroatoms. The average Bonchev–Trinajstić information content (AvgIpc) is 3.27. The first kappa shape index (κ1) is 15.9. The van der Waals surface area contributed by atoms with Crippen LogP contribution < -0.4 is 0 Å². The molecule has 2 fully saturated rings. The minimum atomic E-state index is -0.524. The average molecular weight is 321 g/mol. The van der Waals surface area contributed by atoms with Crippen LogP contribution in [0.2, 0.25) is 0 Å². The normalized spacial score (nSPS) is 29.0. The second-order valence-electron chi connectivity index (χ2n) is 6.31. The standard InChI is InChI=1S/C15H23N5O3/c1-3-15(14(22)23-4-2)9-11-5-6-12(15)20(11)13(21)7-8-19-10-16-17-18-19/h10-12H,3-9H2,1-2H3/t11-,12+,15+/m1/s1. The van der Waals surface area contributed by atoms with Gasteiger partial charge in [0.25, 0.3) is 0 Å². The molecule has 23 heavy (non-hydrogen) atoms.